The monoisotopic (exact) mass is 314 g/mol. The molecule has 5 heteroatoms. The third-order valence-corrected chi connectivity index (χ3v) is 3.58. The largest absolute Gasteiger partial charge is 0.489 e. The zero-order valence-corrected chi connectivity index (χ0v) is 12.2. The van der Waals surface area contributed by atoms with Gasteiger partial charge in [0.05, 0.1) is 6.10 Å². The van der Waals surface area contributed by atoms with Gasteiger partial charge in [-0.25, -0.2) is 4.39 Å². The average molecular weight is 315 g/mol. The molecule has 0 aliphatic rings. The van der Waals surface area contributed by atoms with E-state index in [-0.39, 0.29) is 12.2 Å². The molecule has 0 aliphatic carbocycles. The van der Waals surface area contributed by atoms with Gasteiger partial charge in [-0.15, -0.1) is 0 Å². The molecule has 106 valence electrons. The topological polar surface area (TPSA) is 29.5 Å². The molecule has 0 aromatic heterocycles. The van der Waals surface area contributed by atoms with Crippen molar-refractivity contribution in [1.29, 1.82) is 0 Å². The van der Waals surface area contributed by atoms with Gasteiger partial charge in [0, 0.05) is 27.2 Å². The van der Waals surface area contributed by atoms with Gasteiger partial charge in [-0.05, 0) is 31.2 Å². The SMILES string of the molecule is C[C@H](O)c1ccc(OCc2c(Cl)cccc2Cl)cc1F. The molecular weight excluding hydrogens is 302 g/mol. The number of ether oxygens (including phenoxy) is 1. The van der Waals surface area contributed by atoms with E-state index in [0.29, 0.717) is 21.4 Å². The highest BCUT2D eigenvalue weighted by atomic mass is 35.5. The van der Waals surface area contributed by atoms with Crippen LogP contribution in [-0.2, 0) is 6.61 Å². The second-order valence-corrected chi connectivity index (χ2v) is 5.16. The number of rotatable bonds is 4. The lowest BCUT2D eigenvalue weighted by molar-refractivity contribution is 0.194. The molecule has 0 saturated carbocycles. The molecule has 2 rings (SSSR count). The van der Waals surface area contributed by atoms with Crippen LogP contribution in [0, 0.1) is 5.82 Å². The lowest BCUT2D eigenvalue weighted by atomic mass is 10.1. The fraction of sp³-hybridized carbons (Fsp3) is 0.200. The molecule has 0 aliphatic heterocycles. The van der Waals surface area contributed by atoms with Crippen LogP contribution in [0.2, 0.25) is 10.0 Å². The van der Waals surface area contributed by atoms with E-state index < -0.39 is 11.9 Å². The van der Waals surface area contributed by atoms with E-state index in [1.807, 2.05) is 0 Å². The molecule has 20 heavy (non-hydrogen) atoms. The third kappa shape index (κ3) is 3.42. The minimum absolute atomic E-state index is 0.145. The Bertz CT molecular complexity index is 595. The summed E-state index contributed by atoms with van der Waals surface area (Å²) in [6.45, 7) is 1.65. The molecule has 0 saturated heterocycles. The number of hydrogen-bond acceptors (Lipinski definition) is 2. The summed E-state index contributed by atoms with van der Waals surface area (Å²) in [4.78, 5) is 0. The van der Waals surface area contributed by atoms with Crippen molar-refractivity contribution in [1.82, 2.24) is 0 Å². The van der Waals surface area contributed by atoms with E-state index in [2.05, 4.69) is 0 Å². The second kappa shape index (κ2) is 6.44. The van der Waals surface area contributed by atoms with Gasteiger partial charge in [-0.2, -0.15) is 0 Å². The van der Waals surface area contributed by atoms with Crippen LogP contribution in [0.25, 0.3) is 0 Å². The van der Waals surface area contributed by atoms with E-state index in [1.165, 1.54) is 19.1 Å². The molecule has 0 heterocycles. The fourth-order valence-corrected chi connectivity index (χ4v) is 2.27. The van der Waals surface area contributed by atoms with E-state index in [4.69, 9.17) is 27.9 Å². The molecule has 0 unspecified atom stereocenters. The van der Waals surface area contributed by atoms with E-state index in [0.717, 1.165) is 0 Å². The summed E-state index contributed by atoms with van der Waals surface area (Å²) in [5, 5.41) is 10.4. The molecule has 0 radical (unpaired) electrons. The first kappa shape index (κ1) is 15.1. The van der Waals surface area contributed by atoms with Gasteiger partial charge in [0.25, 0.3) is 0 Å². The molecule has 2 aromatic rings. The normalized spacial score (nSPS) is 12.2. The van der Waals surface area contributed by atoms with Crippen molar-refractivity contribution < 1.29 is 14.2 Å². The predicted molar refractivity (Wildman–Crippen MR) is 77.8 cm³/mol. The van der Waals surface area contributed by atoms with Crippen LogP contribution in [0.15, 0.2) is 36.4 Å². The molecule has 0 amide bonds. The van der Waals surface area contributed by atoms with Crippen LogP contribution < -0.4 is 4.74 Å². The van der Waals surface area contributed by atoms with Crippen LogP contribution in [0.3, 0.4) is 0 Å². The van der Waals surface area contributed by atoms with E-state index in [1.54, 1.807) is 24.3 Å². The number of hydrogen-bond donors (Lipinski definition) is 1. The fourth-order valence-electron chi connectivity index (χ4n) is 1.76. The smallest absolute Gasteiger partial charge is 0.132 e. The van der Waals surface area contributed by atoms with Crippen LogP contribution in [0.1, 0.15) is 24.2 Å². The summed E-state index contributed by atoms with van der Waals surface area (Å²) in [6.07, 6.45) is -0.859. The van der Waals surface area contributed by atoms with E-state index >= 15 is 0 Å². The summed E-state index contributed by atoms with van der Waals surface area (Å²) >= 11 is 12.0. The van der Waals surface area contributed by atoms with Gasteiger partial charge in [0.1, 0.15) is 18.2 Å². The van der Waals surface area contributed by atoms with Crippen molar-refractivity contribution in [3.63, 3.8) is 0 Å². The zero-order chi connectivity index (χ0) is 14.7. The minimum atomic E-state index is -0.859. The molecule has 2 aromatic carbocycles. The Morgan fingerprint density at radius 3 is 2.40 bits per heavy atom. The second-order valence-electron chi connectivity index (χ2n) is 4.35. The van der Waals surface area contributed by atoms with Crippen molar-refractivity contribution in [2.24, 2.45) is 0 Å². The van der Waals surface area contributed by atoms with Gasteiger partial charge >= 0.3 is 0 Å². The minimum Gasteiger partial charge on any atom is -0.489 e. The maximum atomic E-state index is 13.7. The summed E-state index contributed by atoms with van der Waals surface area (Å²) in [5.74, 6) is -0.161. The highest BCUT2D eigenvalue weighted by molar-refractivity contribution is 6.35. The van der Waals surface area contributed by atoms with Crippen LogP contribution in [-0.4, -0.2) is 5.11 Å². The quantitative estimate of drug-likeness (QED) is 0.881. The zero-order valence-electron chi connectivity index (χ0n) is 10.7. The maximum Gasteiger partial charge on any atom is 0.132 e. The standard InChI is InChI=1S/C15H13Cl2FO2/c1-9(19)11-6-5-10(7-15(11)18)20-8-12-13(16)3-2-4-14(12)17/h2-7,9,19H,8H2,1H3/t9-/m0/s1. The molecular formula is C15H13Cl2FO2. The lowest BCUT2D eigenvalue weighted by Gasteiger charge is -2.11. The Morgan fingerprint density at radius 2 is 1.85 bits per heavy atom. The summed E-state index contributed by atoms with van der Waals surface area (Å²) in [7, 11) is 0. The van der Waals surface area contributed by atoms with E-state index in [9.17, 15) is 9.50 Å². The molecule has 0 bridgehead atoms. The average Bonchev–Trinajstić information content (AvgIpc) is 2.37. The number of aliphatic hydroxyl groups is 1. The number of aliphatic hydroxyl groups excluding tert-OH is 1. The van der Waals surface area contributed by atoms with Gasteiger partial charge < -0.3 is 9.84 Å². The van der Waals surface area contributed by atoms with Gasteiger partial charge in [-0.1, -0.05) is 29.3 Å². The van der Waals surface area contributed by atoms with Crippen LogP contribution in [0.5, 0.6) is 5.75 Å². The molecule has 1 atom stereocenters. The highest BCUT2D eigenvalue weighted by Crippen LogP contribution is 2.27. The first-order valence-electron chi connectivity index (χ1n) is 6.02. The molecule has 0 spiro atoms. The van der Waals surface area contributed by atoms with Crippen molar-refractivity contribution in [3.05, 3.63) is 63.4 Å². The van der Waals surface area contributed by atoms with Crippen LogP contribution in [0.4, 0.5) is 4.39 Å². The first-order valence-corrected chi connectivity index (χ1v) is 6.78. The van der Waals surface area contributed by atoms with Crippen molar-refractivity contribution in [2.75, 3.05) is 0 Å². The van der Waals surface area contributed by atoms with Gasteiger partial charge in [-0.3, -0.25) is 0 Å². The Kier molecular flexibility index (Phi) is 4.86. The predicted octanol–water partition coefficient (Wildman–Crippen LogP) is 4.76. The van der Waals surface area contributed by atoms with Gasteiger partial charge in [0.15, 0.2) is 0 Å². The Hall–Kier alpha value is -1.29. The molecule has 2 nitrogen and oxygen atoms in total. The van der Waals surface area contributed by atoms with Crippen molar-refractivity contribution in [2.45, 2.75) is 19.6 Å². The number of halogens is 3. The lowest BCUT2D eigenvalue weighted by Crippen LogP contribution is -2.00. The van der Waals surface area contributed by atoms with Gasteiger partial charge in [0.2, 0.25) is 0 Å². The summed E-state index contributed by atoms with van der Waals surface area (Å²) in [6, 6.07) is 9.48. The summed E-state index contributed by atoms with van der Waals surface area (Å²) in [5.41, 5.74) is 0.879. The van der Waals surface area contributed by atoms with Crippen molar-refractivity contribution >= 4 is 23.2 Å². The highest BCUT2D eigenvalue weighted by Gasteiger charge is 2.10. The molecule has 1 N–H and O–H groups in total. The first-order chi connectivity index (χ1) is 9.49. The van der Waals surface area contributed by atoms with Crippen LogP contribution >= 0.6 is 23.2 Å². The maximum absolute atomic E-state index is 13.7. The Morgan fingerprint density at radius 1 is 1.20 bits per heavy atom. The Balaban J connectivity index is 2.14. The number of benzene rings is 2. The Labute approximate surface area is 126 Å². The van der Waals surface area contributed by atoms with Crippen molar-refractivity contribution in [3.8, 4) is 5.75 Å². The molecule has 0 fully saturated rings. The third-order valence-electron chi connectivity index (χ3n) is 2.87. The summed E-state index contributed by atoms with van der Waals surface area (Å²) < 4.78 is 19.2.